The molecule has 1 N–H and O–H groups in total. The summed E-state index contributed by atoms with van der Waals surface area (Å²) in [5, 5.41) is 0. The van der Waals surface area contributed by atoms with Gasteiger partial charge in [0, 0.05) is 36.6 Å². The molecule has 5 nitrogen and oxygen atoms in total. The van der Waals surface area contributed by atoms with E-state index in [1.165, 1.54) is 27.9 Å². The summed E-state index contributed by atoms with van der Waals surface area (Å²) in [5.41, 5.74) is 7.57. The minimum atomic E-state index is -3.22. The predicted molar refractivity (Wildman–Crippen MR) is 129 cm³/mol. The Hall–Kier alpha value is -2.70. The molecule has 0 amide bonds. The molecule has 2 aromatic carbocycles. The van der Waals surface area contributed by atoms with Gasteiger partial charge in [0.25, 0.3) is 0 Å². The highest BCUT2D eigenvalue weighted by atomic mass is 32.2. The highest BCUT2D eigenvalue weighted by Gasteiger charge is 2.37. The molecule has 1 aromatic heterocycles. The molecule has 2 aliphatic rings. The van der Waals surface area contributed by atoms with Gasteiger partial charge in [0.2, 0.25) is 10.0 Å². The van der Waals surface area contributed by atoms with Crippen LogP contribution in [0.1, 0.15) is 55.3 Å². The van der Waals surface area contributed by atoms with Crippen LogP contribution in [0.5, 0.6) is 0 Å². The monoisotopic (exact) mass is 447 g/mol. The lowest BCUT2D eigenvalue weighted by atomic mass is 9.86. The number of sulfonamides is 1. The largest absolute Gasteiger partial charge is 0.364 e. The second kappa shape index (κ2) is 8.34. The summed E-state index contributed by atoms with van der Waals surface area (Å²) in [4.78, 5) is 6.64. The number of hydrogen-bond donors (Lipinski definition) is 1. The molecule has 0 radical (unpaired) electrons. The van der Waals surface area contributed by atoms with Crippen molar-refractivity contribution in [2.45, 2.75) is 44.7 Å². The molecule has 0 aliphatic carbocycles. The Bertz CT molecular complexity index is 1230. The summed E-state index contributed by atoms with van der Waals surface area (Å²) in [5.74, 6) is 0.367. The number of pyridine rings is 1. The van der Waals surface area contributed by atoms with E-state index in [9.17, 15) is 8.42 Å². The van der Waals surface area contributed by atoms with E-state index in [0.717, 1.165) is 24.9 Å². The molecule has 166 valence electrons. The zero-order valence-electron chi connectivity index (χ0n) is 18.5. The Morgan fingerprint density at radius 1 is 1.00 bits per heavy atom. The van der Waals surface area contributed by atoms with E-state index in [2.05, 4.69) is 64.0 Å². The lowest BCUT2D eigenvalue weighted by Gasteiger charge is -2.41. The molecule has 3 aromatic rings. The summed E-state index contributed by atoms with van der Waals surface area (Å²) in [6.07, 6.45) is 5.24. The summed E-state index contributed by atoms with van der Waals surface area (Å²) >= 11 is 0. The lowest BCUT2D eigenvalue weighted by molar-refractivity contribution is 0.395. The number of nitrogens with zero attached hydrogens (tertiary/aromatic N) is 2. The van der Waals surface area contributed by atoms with Crippen molar-refractivity contribution in [1.29, 1.82) is 0 Å². The quantitative estimate of drug-likeness (QED) is 0.620. The van der Waals surface area contributed by atoms with Gasteiger partial charge in [0.05, 0.1) is 11.8 Å². The standard InChI is InChI=1S/C26H29N3O2S/c1-3-32(30,31)28-21-12-15-29-25-9-8-20(19-10-13-27-14-11-19)16-24(25)18(2)22-6-4-5-7-23(22)26(29)17-21/h4-11,13-14,16,18,21,26,28H,3,12,15,17H2,1-2H3/t18-,21-,26-/m1/s1. The average molecular weight is 448 g/mol. The van der Waals surface area contributed by atoms with E-state index in [1.54, 1.807) is 6.92 Å². The van der Waals surface area contributed by atoms with Crippen molar-refractivity contribution in [2.24, 2.45) is 0 Å². The van der Waals surface area contributed by atoms with E-state index in [-0.39, 0.29) is 23.8 Å². The maximum absolute atomic E-state index is 12.2. The van der Waals surface area contributed by atoms with Gasteiger partial charge in [-0.3, -0.25) is 4.98 Å². The van der Waals surface area contributed by atoms with Gasteiger partial charge in [-0.05, 0) is 71.8 Å². The van der Waals surface area contributed by atoms with Crippen molar-refractivity contribution >= 4 is 15.7 Å². The van der Waals surface area contributed by atoms with Crippen LogP contribution >= 0.6 is 0 Å². The van der Waals surface area contributed by atoms with Crippen molar-refractivity contribution < 1.29 is 8.42 Å². The number of aromatic nitrogens is 1. The second-order valence-corrected chi connectivity index (χ2v) is 10.9. The maximum Gasteiger partial charge on any atom is 0.211 e. The summed E-state index contributed by atoms with van der Waals surface area (Å²) < 4.78 is 27.4. The Morgan fingerprint density at radius 2 is 1.75 bits per heavy atom. The highest BCUT2D eigenvalue weighted by molar-refractivity contribution is 7.89. The van der Waals surface area contributed by atoms with Crippen molar-refractivity contribution in [3.63, 3.8) is 0 Å². The third-order valence-electron chi connectivity index (χ3n) is 6.97. The second-order valence-electron chi connectivity index (χ2n) is 8.81. The average Bonchev–Trinajstić information content (AvgIpc) is 2.93. The van der Waals surface area contributed by atoms with Crippen LogP contribution in [-0.2, 0) is 10.0 Å². The van der Waals surface area contributed by atoms with Gasteiger partial charge >= 0.3 is 0 Å². The highest BCUT2D eigenvalue weighted by Crippen LogP contribution is 2.47. The SMILES string of the molecule is CCS(=O)(=O)N[C@@H]1CCN2c3ccc(-c4ccncc4)cc3[C@H](C)c3ccccc3[C@H]2C1. The van der Waals surface area contributed by atoms with Crippen LogP contribution < -0.4 is 9.62 Å². The van der Waals surface area contributed by atoms with E-state index < -0.39 is 10.0 Å². The van der Waals surface area contributed by atoms with Gasteiger partial charge in [-0.2, -0.15) is 0 Å². The molecule has 32 heavy (non-hydrogen) atoms. The van der Waals surface area contributed by atoms with Crippen molar-refractivity contribution in [2.75, 3.05) is 17.2 Å². The molecule has 5 rings (SSSR count). The van der Waals surface area contributed by atoms with Gasteiger partial charge in [-0.15, -0.1) is 0 Å². The van der Waals surface area contributed by atoms with Crippen LogP contribution in [-0.4, -0.2) is 31.7 Å². The van der Waals surface area contributed by atoms with Crippen molar-refractivity contribution in [1.82, 2.24) is 9.71 Å². The molecular formula is C26H29N3O2S. The topological polar surface area (TPSA) is 62.3 Å². The fraction of sp³-hybridized carbons (Fsp3) is 0.346. The Morgan fingerprint density at radius 3 is 2.50 bits per heavy atom. The number of anilines is 1. The van der Waals surface area contributed by atoms with Crippen LogP contribution in [0.2, 0.25) is 0 Å². The van der Waals surface area contributed by atoms with Crippen molar-refractivity contribution in [3.05, 3.63) is 83.7 Å². The number of benzene rings is 2. The van der Waals surface area contributed by atoms with E-state index in [1.807, 2.05) is 24.5 Å². The number of fused-ring (bicyclic) bond motifs is 5. The molecule has 0 unspecified atom stereocenters. The third kappa shape index (κ3) is 3.82. The molecule has 1 fully saturated rings. The fourth-order valence-corrected chi connectivity index (χ4v) is 6.14. The van der Waals surface area contributed by atoms with Crippen LogP contribution in [0.3, 0.4) is 0 Å². The van der Waals surface area contributed by atoms with Crippen LogP contribution in [0.25, 0.3) is 11.1 Å². The molecule has 1 saturated heterocycles. The molecule has 0 spiro atoms. The Balaban J connectivity index is 1.59. The van der Waals surface area contributed by atoms with E-state index >= 15 is 0 Å². The first-order valence-corrected chi connectivity index (χ1v) is 13.0. The first kappa shape index (κ1) is 21.2. The zero-order valence-corrected chi connectivity index (χ0v) is 19.3. The minimum absolute atomic E-state index is 0.0396. The number of nitrogens with one attached hydrogen (secondary N) is 1. The number of piperidine rings is 1. The van der Waals surface area contributed by atoms with Crippen LogP contribution in [0.15, 0.2) is 67.0 Å². The third-order valence-corrected chi connectivity index (χ3v) is 8.42. The smallest absolute Gasteiger partial charge is 0.211 e. The van der Waals surface area contributed by atoms with Gasteiger partial charge < -0.3 is 4.90 Å². The Kier molecular flexibility index (Phi) is 5.51. The summed E-state index contributed by atoms with van der Waals surface area (Å²) in [6, 6.07) is 19.6. The first-order valence-electron chi connectivity index (χ1n) is 11.4. The summed E-state index contributed by atoms with van der Waals surface area (Å²) in [7, 11) is -3.22. The predicted octanol–water partition coefficient (Wildman–Crippen LogP) is 4.86. The zero-order chi connectivity index (χ0) is 22.3. The molecule has 2 aliphatic heterocycles. The summed E-state index contributed by atoms with van der Waals surface area (Å²) in [6.45, 7) is 4.80. The van der Waals surface area contributed by atoms with Gasteiger partial charge in [0.1, 0.15) is 0 Å². The van der Waals surface area contributed by atoms with Crippen LogP contribution in [0, 0.1) is 0 Å². The van der Waals surface area contributed by atoms with E-state index in [4.69, 9.17) is 0 Å². The van der Waals surface area contributed by atoms with E-state index in [0.29, 0.717) is 0 Å². The van der Waals surface area contributed by atoms with Gasteiger partial charge in [0.15, 0.2) is 0 Å². The Labute approximate surface area is 190 Å². The maximum atomic E-state index is 12.2. The molecule has 0 saturated carbocycles. The normalized spacial score (nSPS) is 22.4. The molecule has 0 bridgehead atoms. The number of rotatable bonds is 4. The van der Waals surface area contributed by atoms with Gasteiger partial charge in [-0.1, -0.05) is 37.3 Å². The van der Waals surface area contributed by atoms with Crippen LogP contribution in [0.4, 0.5) is 5.69 Å². The fourth-order valence-electron chi connectivity index (χ4n) is 5.26. The minimum Gasteiger partial charge on any atom is -0.364 e. The molecule has 3 heterocycles. The number of hydrogen-bond acceptors (Lipinski definition) is 4. The molecule has 6 heteroatoms. The lowest BCUT2D eigenvalue weighted by Crippen LogP contribution is -2.46. The first-order chi connectivity index (χ1) is 15.5. The molecular weight excluding hydrogens is 418 g/mol. The molecule has 3 atom stereocenters. The van der Waals surface area contributed by atoms with Gasteiger partial charge in [-0.25, -0.2) is 13.1 Å². The van der Waals surface area contributed by atoms with Crippen molar-refractivity contribution in [3.8, 4) is 11.1 Å².